The van der Waals surface area contributed by atoms with Gasteiger partial charge >= 0.3 is 0 Å². The lowest BCUT2D eigenvalue weighted by Crippen LogP contribution is -2.16. The molecule has 2 aromatic rings. The van der Waals surface area contributed by atoms with E-state index in [1.54, 1.807) is 0 Å². The van der Waals surface area contributed by atoms with Crippen LogP contribution in [-0.2, 0) is 13.1 Å². The van der Waals surface area contributed by atoms with Gasteiger partial charge in [0.15, 0.2) is 0 Å². The summed E-state index contributed by atoms with van der Waals surface area (Å²) in [5.41, 5.74) is 2.73. The molecule has 1 heterocycles. The second kappa shape index (κ2) is 5.17. The van der Waals surface area contributed by atoms with Crippen LogP contribution in [0.1, 0.15) is 26.0 Å². The van der Waals surface area contributed by atoms with Crippen LogP contribution in [0.5, 0.6) is 0 Å². The Labute approximate surface area is 97.3 Å². The molecule has 0 unspecified atom stereocenters. The number of rotatable bonds is 5. The van der Waals surface area contributed by atoms with Crippen molar-refractivity contribution in [2.45, 2.75) is 33.4 Å². The highest BCUT2D eigenvalue weighted by molar-refractivity contribution is 5.81. The van der Waals surface area contributed by atoms with Gasteiger partial charge in [0.2, 0.25) is 0 Å². The van der Waals surface area contributed by atoms with Crippen LogP contribution in [0.3, 0.4) is 0 Å². The zero-order chi connectivity index (χ0) is 11.4. The van der Waals surface area contributed by atoms with Crippen LogP contribution in [0.25, 0.3) is 10.9 Å². The number of hydrogen-bond acceptors (Lipinski definition) is 1. The predicted octanol–water partition coefficient (Wildman–Crippen LogP) is 3.16. The van der Waals surface area contributed by atoms with E-state index in [2.05, 4.69) is 54.1 Å². The Morgan fingerprint density at radius 1 is 1.19 bits per heavy atom. The maximum atomic E-state index is 3.47. The number of benzene rings is 1. The van der Waals surface area contributed by atoms with Gasteiger partial charge in [-0.15, -0.1) is 0 Å². The fourth-order valence-corrected chi connectivity index (χ4v) is 2.18. The molecule has 0 aliphatic carbocycles. The first kappa shape index (κ1) is 11.2. The summed E-state index contributed by atoms with van der Waals surface area (Å²) in [6, 6.07) is 10.9. The molecule has 2 heteroatoms. The van der Waals surface area contributed by atoms with E-state index in [4.69, 9.17) is 0 Å². The summed E-state index contributed by atoms with van der Waals surface area (Å²) in [5, 5.41) is 4.81. The minimum Gasteiger partial charge on any atom is -0.344 e. The van der Waals surface area contributed by atoms with E-state index in [1.807, 2.05) is 0 Å². The quantitative estimate of drug-likeness (QED) is 0.760. The van der Waals surface area contributed by atoms with E-state index in [1.165, 1.54) is 23.0 Å². The van der Waals surface area contributed by atoms with E-state index < -0.39 is 0 Å². The van der Waals surface area contributed by atoms with E-state index in [0.29, 0.717) is 0 Å². The molecule has 1 N–H and O–H groups in total. The predicted molar refractivity (Wildman–Crippen MR) is 69.6 cm³/mol. The number of para-hydroxylation sites is 1. The van der Waals surface area contributed by atoms with E-state index in [-0.39, 0.29) is 0 Å². The lowest BCUT2D eigenvalue weighted by molar-refractivity contribution is 0.630. The molecule has 1 aromatic heterocycles. The number of fused-ring (bicyclic) bond motifs is 1. The van der Waals surface area contributed by atoms with Gasteiger partial charge in [-0.2, -0.15) is 0 Å². The van der Waals surface area contributed by atoms with Crippen molar-refractivity contribution < 1.29 is 0 Å². The lowest BCUT2D eigenvalue weighted by atomic mass is 10.2. The molecule has 0 amide bonds. The Morgan fingerprint density at radius 3 is 2.75 bits per heavy atom. The zero-order valence-corrected chi connectivity index (χ0v) is 10.2. The molecule has 0 bridgehead atoms. The number of hydrogen-bond donors (Lipinski definition) is 1. The first-order valence-corrected chi connectivity index (χ1v) is 6.14. The SMILES string of the molecule is CCCNCc1cc2ccccc2n1CC. The van der Waals surface area contributed by atoms with Crippen LogP contribution in [0.4, 0.5) is 0 Å². The van der Waals surface area contributed by atoms with E-state index in [0.717, 1.165) is 19.6 Å². The third-order valence-electron chi connectivity index (χ3n) is 2.95. The van der Waals surface area contributed by atoms with Gasteiger partial charge in [-0.1, -0.05) is 25.1 Å². The normalized spacial score (nSPS) is 11.1. The Kier molecular flexibility index (Phi) is 3.62. The summed E-state index contributed by atoms with van der Waals surface area (Å²) in [6.45, 7) is 7.50. The number of aryl methyl sites for hydroxylation is 1. The Hall–Kier alpha value is -1.28. The molecule has 0 aliphatic rings. The molecule has 86 valence electrons. The molecule has 0 atom stereocenters. The molecule has 0 saturated heterocycles. The minimum absolute atomic E-state index is 0.969. The van der Waals surface area contributed by atoms with Crippen molar-refractivity contribution in [1.29, 1.82) is 0 Å². The maximum absolute atomic E-state index is 3.47. The number of nitrogens with one attached hydrogen (secondary N) is 1. The fraction of sp³-hybridized carbons (Fsp3) is 0.429. The molecule has 2 rings (SSSR count). The van der Waals surface area contributed by atoms with Crippen molar-refractivity contribution in [3.63, 3.8) is 0 Å². The molecule has 0 aliphatic heterocycles. The van der Waals surface area contributed by atoms with Crippen molar-refractivity contribution in [2.75, 3.05) is 6.54 Å². The van der Waals surface area contributed by atoms with Crippen LogP contribution in [0.15, 0.2) is 30.3 Å². The highest BCUT2D eigenvalue weighted by Gasteiger charge is 2.05. The van der Waals surface area contributed by atoms with Crippen LogP contribution < -0.4 is 5.32 Å². The molecular formula is C14H20N2. The summed E-state index contributed by atoms with van der Waals surface area (Å²) < 4.78 is 2.39. The van der Waals surface area contributed by atoms with Crippen molar-refractivity contribution in [1.82, 2.24) is 9.88 Å². The summed E-state index contributed by atoms with van der Waals surface area (Å²) in [7, 11) is 0. The van der Waals surface area contributed by atoms with Crippen molar-refractivity contribution in [2.24, 2.45) is 0 Å². The second-order valence-electron chi connectivity index (χ2n) is 4.12. The average Bonchev–Trinajstić information content (AvgIpc) is 2.67. The first-order valence-electron chi connectivity index (χ1n) is 6.14. The van der Waals surface area contributed by atoms with Gasteiger partial charge in [-0.3, -0.25) is 0 Å². The van der Waals surface area contributed by atoms with Crippen LogP contribution >= 0.6 is 0 Å². The highest BCUT2D eigenvalue weighted by Crippen LogP contribution is 2.19. The van der Waals surface area contributed by atoms with Gasteiger partial charge in [0, 0.05) is 24.3 Å². The van der Waals surface area contributed by atoms with Gasteiger partial charge in [0.05, 0.1) is 0 Å². The minimum atomic E-state index is 0.969. The summed E-state index contributed by atoms with van der Waals surface area (Å²) in [6.07, 6.45) is 1.19. The standard InChI is InChI=1S/C14H20N2/c1-3-9-15-11-13-10-12-7-5-6-8-14(12)16(13)4-2/h5-8,10,15H,3-4,9,11H2,1-2H3. The largest absolute Gasteiger partial charge is 0.344 e. The monoisotopic (exact) mass is 216 g/mol. The van der Waals surface area contributed by atoms with Crippen molar-refractivity contribution in [3.8, 4) is 0 Å². The van der Waals surface area contributed by atoms with Gasteiger partial charge in [-0.25, -0.2) is 0 Å². The third-order valence-corrected chi connectivity index (χ3v) is 2.95. The van der Waals surface area contributed by atoms with Crippen molar-refractivity contribution in [3.05, 3.63) is 36.0 Å². The fourth-order valence-electron chi connectivity index (χ4n) is 2.18. The Bertz CT molecular complexity index is 457. The molecular weight excluding hydrogens is 196 g/mol. The smallest absolute Gasteiger partial charge is 0.0482 e. The topological polar surface area (TPSA) is 17.0 Å². The lowest BCUT2D eigenvalue weighted by Gasteiger charge is -2.08. The maximum Gasteiger partial charge on any atom is 0.0482 e. The Balaban J connectivity index is 2.29. The van der Waals surface area contributed by atoms with Crippen LogP contribution in [-0.4, -0.2) is 11.1 Å². The summed E-state index contributed by atoms with van der Waals surface area (Å²) in [4.78, 5) is 0. The average molecular weight is 216 g/mol. The molecule has 2 nitrogen and oxygen atoms in total. The van der Waals surface area contributed by atoms with Gasteiger partial charge < -0.3 is 9.88 Å². The molecule has 0 fully saturated rings. The third kappa shape index (κ3) is 2.12. The van der Waals surface area contributed by atoms with Gasteiger partial charge in [0.1, 0.15) is 0 Å². The molecule has 0 saturated carbocycles. The second-order valence-corrected chi connectivity index (χ2v) is 4.12. The molecule has 16 heavy (non-hydrogen) atoms. The first-order chi connectivity index (χ1) is 7.86. The van der Waals surface area contributed by atoms with Gasteiger partial charge in [0.25, 0.3) is 0 Å². The number of aromatic nitrogens is 1. The molecule has 0 radical (unpaired) electrons. The summed E-state index contributed by atoms with van der Waals surface area (Å²) >= 11 is 0. The highest BCUT2D eigenvalue weighted by atomic mass is 15.0. The van der Waals surface area contributed by atoms with E-state index in [9.17, 15) is 0 Å². The molecule has 0 spiro atoms. The van der Waals surface area contributed by atoms with Crippen LogP contribution in [0.2, 0.25) is 0 Å². The van der Waals surface area contributed by atoms with E-state index >= 15 is 0 Å². The molecule has 1 aromatic carbocycles. The summed E-state index contributed by atoms with van der Waals surface area (Å²) in [5.74, 6) is 0. The van der Waals surface area contributed by atoms with Crippen molar-refractivity contribution >= 4 is 10.9 Å². The Morgan fingerprint density at radius 2 is 2.00 bits per heavy atom. The zero-order valence-electron chi connectivity index (χ0n) is 10.2. The number of nitrogens with zero attached hydrogens (tertiary/aromatic N) is 1. The van der Waals surface area contributed by atoms with Gasteiger partial charge in [-0.05, 0) is 37.4 Å². The van der Waals surface area contributed by atoms with Crippen LogP contribution in [0, 0.1) is 0 Å².